The standard InChI is InChI=1S/C18H12O4.C15H14O4.C15H12O4.C14H12O4.C13H10O4.C11H8O3.2C10H6O3/c1-11-10-14(19)16-13(17(11)20)8-5-9-15(16)22-18(21)12-6-3-2-4-7-12;1-8(2)15(18)19-12-6-4-5-10-13(12)11(16)7-9(3)14(10)17;1-3-5-13(17)19-12-7-4-6-10-14(12)11(16)8-9(2)15(10)18;1-3-12(16)18-11-6-4-5-9-13(11)10(15)7-8(2)14(9)17;1-7-6-10(15)12-9(13(7)16)4-3-5-11(12)17-8(2)14;1-6-5-9(13)10-7(11(6)14)3-2-4-8(10)12;11-7-4-5-9(13)10-6(7)2-1-3-8(10)12;11-8-5-9(12)10(13)7-4-2-1-3-6(7)8/h2-10H,1H3;4-8H,1-3H3;3-8H,1-2H3;4-7H,3H2,1-2H3;3-6H,1-2H3;2-5,12H,1H3;1-5,12H;1-5,11H/b;;5-3+;;;;;. The minimum atomic E-state index is -0.670. The van der Waals surface area contributed by atoms with Crippen LogP contribution in [0.25, 0.3) is 5.76 Å². The average molecular weight is 1820 g/mol. The summed E-state index contributed by atoms with van der Waals surface area (Å²) in [5.41, 5.74) is 6.42. The highest BCUT2D eigenvalue weighted by atomic mass is 16.6. The van der Waals surface area contributed by atoms with Crippen LogP contribution < -0.4 is 23.7 Å². The summed E-state index contributed by atoms with van der Waals surface area (Å²) in [4.78, 5) is 245. The number of aliphatic hydroxyl groups is 1. The fourth-order valence-electron chi connectivity index (χ4n) is 13.8. The average Bonchev–Trinajstić information content (AvgIpc) is 0.772. The first-order valence-electron chi connectivity index (χ1n) is 41.1. The third kappa shape index (κ3) is 22.9. The van der Waals surface area contributed by atoms with Gasteiger partial charge in [0, 0.05) is 109 Å². The Kier molecular flexibility index (Phi) is 32.0. The number of phenols is 2. The molecule has 0 heterocycles. The van der Waals surface area contributed by atoms with Crippen LogP contribution in [0.4, 0.5) is 0 Å². The van der Waals surface area contributed by atoms with E-state index in [-0.39, 0.29) is 212 Å². The molecule has 0 spiro atoms. The van der Waals surface area contributed by atoms with Gasteiger partial charge in [0.25, 0.3) is 0 Å². The summed E-state index contributed by atoms with van der Waals surface area (Å²) in [5, 5.41) is 28.1. The molecule has 0 bridgehead atoms. The van der Waals surface area contributed by atoms with Gasteiger partial charge in [-0.2, -0.15) is 0 Å². The highest BCUT2D eigenvalue weighted by Crippen LogP contribution is 2.37. The lowest BCUT2D eigenvalue weighted by atomic mass is 9.89. The summed E-state index contributed by atoms with van der Waals surface area (Å²) in [7, 11) is 0. The van der Waals surface area contributed by atoms with Crippen LogP contribution in [0.5, 0.6) is 40.2 Å². The van der Waals surface area contributed by atoms with Crippen molar-refractivity contribution in [1.82, 2.24) is 0 Å². The molecule has 8 aliphatic carbocycles. The van der Waals surface area contributed by atoms with Crippen LogP contribution in [0, 0.1) is 5.92 Å². The lowest BCUT2D eigenvalue weighted by Crippen LogP contribution is -2.20. The number of Topliss-reactive ketones (excluding diaryl/α,β-unsaturated/α-hetero) is 7. The molecule has 678 valence electrons. The molecule has 0 atom stereocenters. The Morgan fingerprint density at radius 1 is 0.304 bits per heavy atom. The fraction of sp³-hybridized carbons (Fsp3) is 0.123. The summed E-state index contributed by atoms with van der Waals surface area (Å²) < 4.78 is 25.6. The number of aromatic hydroxyl groups is 2. The van der Waals surface area contributed by atoms with E-state index in [1.807, 2.05) is 0 Å². The number of carbonyl (C=O) groups excluding carboxylic acids is 21. The Balaban J connectivity index is 0.000000160. The number of allylic oxidation sites excluding steroid dienone is 16. The molecule has 29 nitrogen and oxygen atoms in total. The maximum atomic E-state index is 12.2. The third-order valence-corrected chi connectivity index (χ3v) is 20.4. The maximum Gasteiger partial charge on any atom is 0.343 e. The summed E-state index contributed by atoms with van der Waals surface area (Å²) in [6.45, 7) is 17.5. The van der Waals surface area contributed by atoms with E-state index in [1.54, 1.807) is 197 Å². The van der Waals surface area contributed by atoms with Crippen LogP contribution in [-0.2, 0) is 24.0 Å². The zero-order chi connectivity index (χ0) is 98.8. The fourth-order valence-corrected chi connectivity index (χ4v) is 13.8. The van der Waals surface area contributed by atoms with Crippen molar-refractivity contribution >= 4 is 128 Å². The number of carbonyl (C=O) groups is 21. The number of hydrogen-bond acceptors (Lipinski definition) is 29. The minimum absolute atomic E-state index is 0.105. The van der Waals surface area contributed by atoms with E-state index in [9.17, 15) is 116 Å². The second-order valence-corrected chi connectivity index (χ2v) is 30.4. The first-order valence-corrected chi connectivity index (χ1v) is 41.1. The smallest absolute Gasteiger partial charge is 0.343 e. The number of benzene rings is 9. The van der Waals surface area contributed by atoms with Gasteiger partial charge in [-0.15, -0.1) is 0 Å². The number of ketones is 16. The van der Waals surface area contributed by atoms with Gasteiger partial charge in [-0.1, -0.05) is 154 Å². The molecule has 9 aromatic carbocycles. The van der Waals surface area contributed by atoms with Gasteiger partial charge >= 0.3 is 29.8 Å². The maximum absolute atomic E-state index is 12.2. The van der Waals surface area contributed by atoms with E-state index >= 15 is 0 Å². The molecule has 0 radical (unpaired) electrons. The zero-order valence-electron chi connectivity index (χ0n) is 73.9. The van der Waals surface area contributed by atoms with Crippen molar-refractivity contribution in [2.24, 2.45) is 5.92 Å². The molecule has 0 saturated heterocycles. The van der Waals surface area contributed by atoms with Gasteiger partial charge in [0.2, 0.25) is 11.6 Å². The number of aliphatic hydroxyl groups excluding tert-OH is 1. The molecule has 0 amide bonds. The first-order chi connectivity index (χ1) is 64.1. The largest absolute Gasteiger partial charge is 0.507 e. The second-order valence-electron chi connectivity index (χ2n) is 30.4. The van der Waals surface area contributed by atoms with Crippen molar-refractivity contribution in [2.75, 3.05) is 0 Å². The molecular weight excluding hydrogens is 1740 g/mol. The Labute approximate surface area is 769 Å². The molecule has 0 saturated carbocycles. The minimum Gasteiger partial charge on any atom is -0.507 e. The number of phenolic OH excluding ortho intramolecular Hbond substituents is 2. The monoisotopic (exact) mass is 1820 g/mol. The Morgan fingerprint density at radius 2 is 0.607 bits per heavy atom. The van der Waals surface area contributed by atoms with Crippen LogP contribution in [0.15, 0.2) is 282 Å². The van der Waals surface area contributed by atoms with Gasteiger partial charge < -0.3 is 39.0 Å². The number of rotatable bonds is 9. The summed E-state index contributed by atoms with van der Waals surface area (Å²) in [6.07, 6.45) is 13.9. The molecule has 0 unspecified atom stereocenters. The molecule has 135 heavy (non-hydrogen) atoms. The lowest BCUT2D eigenvalue weighted by molar-refractivity contribution is -0.138. The first kappa shape index (κ1) is 99.3. The Bertz CT molecular complexity index is 7010. The van der Waals surface area contributed by atoms with E-state index in [2.05, 4.69) is 0 Å². The van der Waals surface area contributed by atoms with Crippen molar-refractivity contribution in [3.05, 3.63) is 377 Å². The van der Waals surface area contributed by atoms with Crippen molar-refractivity contribution in [1.29, 1.82) is 0 Å². The highest BCUT2D eigenvalue weighted by Gasteiger charge is 2.35. The predicted octanol–water partition coefficient (Wildman–Crippen LogP) is 17.0. The van der Waals surface area contributed by atoms with E-state index in [0.29, 0.717) is 55.7 Å². The van der Waals surface area contributed by atoms with Gasteiger partial charge in [0.15, 0.2) is 81.0 Å². The predicted molar refractivity (Wildman–Crippen MR) is 487 cm³/mol. The molecule has 0 fully saturated rings. The van der Waals surface area contributed by atoms with E-state index < -0.39 is 41.4 Å². The van der Waals surface area contributed by atoms with Gasteiger partial charge in [0.1, 0.15) is 46.0 Å². The van der Waals surface area contributed by atoms with Crippen molar-refractivity contribution in [2.45, 2.75) is 82.6 Å². The van der Waals surface area contributed by atoms with Crippen molar-refractivity contribution in [3.63, 3.8) is 0 Å². The molecular formula is C106H80O29. The molecule has 29 heteroatoms. The van der Waals surface area contributed by atoms with Crippen LogP contribution in [-0.4, -0.2) is 138 Å². The normalized spacial score (nSPS) is 14.3. The van der Waals surface area contributed by atoms with Crippen LogP contribution >= 0.6 is 0 Å². The van der Waals surface area contributed by atoms with Gasteiger partial charge in [-0.25, -0.2) is 9.59 Å². The summed E-state index contributed by atoms with van der Waals surface area (Å²) in [5.74, 6) is -7.57. The van der Waals surface area contributed by atoms with E-state index in [4.69, 9.17) is 23.7 Å². The SMILES string of the molecule is C/C=C/C(=O)Oc1cccc2c1C(=O)C=C(C)C2=O.CC(=O)Oc1cccc2c1C(=O)C=C(C)C2=O.CC1=CC(=O)c2c(O)cccc2C1=O.CC1=CC(=O)c2c(OC(=O)C(C)C)cccc2C1=O.CC1=CC(=O)c2c(OC(=O)c3ccccc3)cccc2C1=O.CCC(=O)Oc1cccc2c1C(=O)C=C(C)C2=O.O=C1C=C(O)c2ccccc2C1=O.O=C1C=CC(=O)c2c(O)cccc21. The zero-order valence-corrected chi connectivity index (χ0v) is 73.9. The van der Waals surface area contributed by atoms with Crippen LogP contribution in [0.1, 0.15) is 254 Å². The summed E-state index contributed by atoms with van der Waals surface area (Å²) >= 11 is 0. The number of esters is 5. The molecule has 17 rings (SSSR count). The lowest BCUT2D eigenvalue weighted by Gasteiger charge is -2.16. The second kappa shape index (κ2) is 43.5. The molecule has 3 N–H and O–H groups in total. The van der Waals surface area contributed by atoms with Crippen molar-refractivity contribution in [3.8, 4) is 40.2 Å². The number of fused-ring (bicyclic) bond motifs is 8. The van der Waals surface area contributed by atoms with Crippen LogP contribution in [0.3, 0.4) is 0 Å². The van der Waals surface area contributed by atoms with Gasteiger partial charge in [-0.3, -0.25) is 91.1 Å². The van der Waals surface area contributed by atoms with Crippen molar-refractivity contribution < 1.29 is 140 Å². The quantitative estimate of drug-likeness (QED) is 0.0523. The molecule has 0 aromatic heterocycles. The van der Waals surface area contributed by atoms with E-state index in [0.717, 1.165) is 6.08 Å². The molecule has 9 aromatic rings. The number of hydrogen-bond donors (Lipinski definition) is 3. The van der Waals surface area contributed by atoms with Gasteiger partial charge in [0.05, 0.1) is 50.4 Å². The van der Waals surface area contributed by atoms with Crippen LogP contribution in [0.2, 0.25) is 0 Å². The van der Waals surface area contributed by atoms with Gasteiger partial charge in [-0.05, 0) is 152 Å². The van der Waals surface area contributed by atoms with E-state index in [1.165, 1.54) is 122 Å². The highest BCUT2D eigenvalue weighted by molar-refractivity contribution is 6.50. The molecule has 0 aliphatic heterocycles. The Hall–Kier alpha value is -17.9. The third-order valence-electron chi connectivity index (χ3n) is 20.4. The topological polar surface area (TPSA) is 465 Å². The number of ether oxygens (including phenoxy) is 5. The summed E-state index contributed by atoms with van der Waals surface area (Å²) in [6, 6.07) is 47.2. The molecule has 8 aliphatic rings. The Morgan fingerprint density at radius 3 is 0.970 bits per heavy atom.